The predicted molar refractivity (Wildman–Crippen MR) is 94.3 cm³/mol. The van der Waals surface area contributed by atoms with E-state index in [-0.39, 0.29) is 24.1 Å². The molecule has 3 heterocycles. The molecular formula is C19H25N3O4. The number of hydrogen-bond acceptors (Lipinski definition) is 5. The van der Waals surface area contributed by atoms with Crippen molar-refractivity contribution < 1.29 is 18.8 Å². The molecule has 1 aliphatic carbocycles. The van der Waals surface area contributed by atoms with E-state index in [4.69, 9.17) is 9.26 Å². The molecule has 1 saturated heterocycles. The van der Waals surface area contributed by atoms with Gasteiger partial charge in [0, 0.05) is 18.2 Å². The fourth-order valence-corrected chi connectivity index (χ4v) is 4.39. The highest BCUT2D eigenvalue weighted by Gasteiger charge is 2.47. The maximum atomic E-state index is 12.8. The van der Waals surface area contributed by atoms with Crippen molar-refractivity contribution >= 4 is 17.6 Å². The van der Waals surface area contributed by atoms with Gasteiger partial charge in [0.2, 0.25) is 0 Å². The van der Waals surface area contributed by atoms with Gasteiger partial charge in [-0.05, 0) is 57.4 Å². The van der Waals surface area contributed by atoms with Gasteiger partial charge in [0.15, 0.2) is 0 Å². The van der Waals surface area contributed by atoms with Gasteiger partial charge in [0.25, 0.3) is 0 Å². The first kappa shape index (κ1) is 17.1. The lowest BCUT2D eigenvalue weighted by molar-refractivity contribution is -0.136. The quantitative estimate of drug-likeness (QED) is 0.835. The van der Waals surface area contributed by atoms with Crippen molar-refractivity contribution in [2.45, 2.75) is 58.0 Å². The predicted octanol–water partition coefficient (Wildman–Crippen LogP) is 2.57. The standard InChI is InChI=1S/C19H25N3O4/c1-10-16(11(2)26-21-10)14-8-13-6-7-15(17(14)18(23)25-3)22(13)19(24)20-9-12-4-5-12/h12-13,15H,4-9H2,1-3H3,(H,20,24)/t13-,15+/m0/s1. The fourth-order valence-electron chi connectivity index (χ4n) is 4.39. The van der Waals surface area contributed by atoms with Gasteiger partial charge < -0.3 is 19.5 Å². The van der Waals surface area contributed by atoms with Crippen LogP contribution in [0.2, 0.25) is 0 Å². The van der Waals surface area contributed by atoms with Crippen LogP contribution in [0.15, 0.2) is 10.1 Å². The van der Waals surface area contributed by atoms with Gasteiger partial charge in [-0.25, -0.2) is 9.59 Å². The average molecular weight is 359 g/mol. The van der Waals surface area contributed by atoms with Gasteiger partial charge in [-0.1, -0.05) is 5.16 Å². The Morgan fingerprint density at radius 2 is 2.04 bits per heavy atom. The number of aromatic nitrogens is 1. The average Bonchev–Trinajstić information content (AvgIpc) is 3.33. The number of esters is 1. The van der Waals surface area contributed by atoms with Gasteiger partial charge in [-0.2, -0.15) is 0 Å². The van der Waals surface area contributed by atoms with Crippen LogP contribution < -0.4 is 5.32 Å². The lowest BCUT2D eigenvalue weighted by Gasteiger charge is -2.37. The normalized spacial score (nSPS) is 24.8. The molecule has 1 saturated carbocycles. The molecular weight excluding hydrogens is 334 g/mol. The number of carbonyl (C=O) groups is 2. The summed E-state index contributed by atoms with van der Waals surface area (Å²) in [4.78, 5) is 27.3. The Labute approximate surface area is 152 Å². The molecule has 7 heteroatoms. The van der Waals surface area contributed by atoms with Crippen molar-refractivity contribution in [3.8, 4) is 0 Å². The van der Waals surface area contributed by atoms with E-state index in [1.807, 2.05) is 18.7 Å². The third kappa shape index (κ3) is 2.79. The van der Waals surface area contributed by atoms with Crippen LogP contribution in [0, 0.1) is 19.8 Å². The Balaban J connectivity index is 1.70. The minimum Gasteiger partial charge on any atom is -0.466 e. The van der Waals surface area contributed by atoms with Crippen molar-refractivity contribution in [2.24, 2.45) is 5.92 Å². The van der Waals surface area contributed by atoms with E-state index in [1.165, 1.54) is 20.0 Å². The summed E-state index contributed by atoms with van der Waals surface area (Å²) < 4.78 is 10.4. The summed E-state index contributed by atoms with van der Waals surface area (Å²) in [5.41, 5.74) is 3.16. The van der Waals surface area contributed by atoms with Gasteiger partial charge in [-0.3, -0.25) is 0 Å². The van der Waals surface area contributed by atoms with Crippen LogP contribution in [0.5, 0.6) is 0 Å². The van der Waals surface area contributed by atoms with Crippen LogP contribution in [0.3, 0.4) is 0 Å². The van der Waals surface area contributed by atoms with E-state index < -0.39 is 0 Å². The zero-order valence-corrected chi connectivity index (χ0v) is 15.5. The van der Waals surface area contributed by atoms with E-state index in [9.17, 15) is 9.59 Å². The number of methoxy groups -OCH3 is 1. The number of fused-ring (bicyclic) bond motifs is 2. The zero-order valence-electron chi connectivity index (χ0n) is 15.5. The number of amides is 2. The van der Waals surface area contributed by atoms with Crippen LogP contribution in [0.1, 0.15) is 49.1 Å². The van der Waals surface area contributed by atoms with Crippen LogP contribution in [-0.2, 0) is 9.53 Å². The molecule has 0 aromatic carbocycles. The van der Waals surface area contributed by atoms with Crippen molar-refractivity contribution in [3.05, 3.63) is 22.6 Å². The third-order valence-corrected chi connectivity index (χ3v) is 5.81. The molecule has 0 spiro atoms. The Morgan fingerprint density at radius 1 is 1.27 bits per heavy atom. The van der Waals surface area contributed by atoms with E-state index >= 15 is 0 Å². The largest absolute Gasteiger partial charge is 0.466 e. The van der Waals surface area contributed by atoms with Gasteiger partial charge >= 0.3 is 12.0 Å². The molecule has 2 atom stereocenters. The number of nitrogens with zero attached hydrogens (tertiary/aromatic N) is 2. The molecule has 1 aromatic rings. The highest BCUT2D eigenvalue weighted by atomic mass is 16.5. The zero-order chi connectivity index (χ0) is 18.4. The molecule has 1 N–H and O–H groups in total. The van der Waals surface area contributed by atoms with Crippen molar-refractivity contribution in [1.29, 1.82) is 0 Å². The Bertz CT molecular complexity index is 758. The smallest absolute Gasteiger partial charge is 0.336 e. The van der Waals surface area contributed by atoms with Crippen molar-refractivity contribution in [1.82, 2.24) is 15.4 Å². The number of ether oxygens (including phenoxy) is 1. The molecule has 0 unspecified atom stereocenters. The number of nitrogens with one attached hydrogen (secondary N) is 1. The minimum atomic E-state index is -0.370. The number of hydrogen-bond donors (Lipinski definition) is 1. The van der Waals surface area contributed by atoms with Crippen LogP contribution in [0.4, 0.5) is 4.79 Å². The molecule has 4 rings (SSSR count). The highest BCUT2D eigenvalue weighted by molar-refractivity contribution is 6.01. The second-order valence-electron chi connectivity index (χ2n) is 7.57. The fraction of sp³-hybridized carbons (Fsp3) is 0.632. The second-order valence-corrected chi connectivity index (χ2v) is 7.57. The first-order valence-corrected chi connectivity index (χ1v) is 9.32. The van der Waals surface area contributed by atoms with Gasteiger partial charge in [-0.15, -0.1) is 0 Å². The Kier molecular flexibility index (Phi) is 4.25. The first-order valence-electron chi connectivity index (χ1n) is 9.32. The number of urea groups is 1. The summed E-state index contributed by atoms with van der Waals surface area (Å²) in [6.07, 6.45) is 4.67. The molecule has 7 nitrogen and oxygen atoms in total. The molecule has 0 radical (unpaired) electrons. The second kappa shape index (κ2) is 6.45. The molecule has 1 aromatic heterocycles. The van der Waals surface area contributed by atoms with E-state index in [1.54, 1.807) is 0 Å². The van der Waals surface area contributed by atoms with E-state index in [0.29, 0.717) is 23.7 Å². The lowest BCUT2D eigenvalue weighted by atomic mass is 9.87. The molecule has 2 aliphatic heterocycles. The minimum absolute atomic E-state index is 0.0661. The summed E-state index contributed by atoms with van der Waals surface area (Å²) in [5, 5.41) is 7.08. The summed E-state index contributed by atoms with van der Waals surface area (Å²) in [6.45, 7) is 4.46. The number of carbonyl (C=O) groups excluding carboxylic acids is 2. The summed E-state index contributed by atoms with van der Waals surface area (Å²) >= 11 is 0. The molecule has 3 aliphatic rings. The highest BCUT2D eigenvalue weighted by Crippen LogP contribution is 2.44. The number of aryl methyl sites for hydroxylation is 2. The maximum Gasteiger partial charge on any atom is 0.336 e. The first-order chi connectivity index (χ1) is 12.5. The Hall–Kier alpha value is -2.31. The van der Waals surface area contributed by atoms with E-state index in [2.05, 4.69) is 10.5 Å². The topological polar surface area (TPSA) is 84.7 Å². The van der Waals surface area contributed by atoms with Crippen LogP contribution in [-0.4, -0.2) is 47.8 Å². The number of rotatable bonds is 4. The van der Waals surface area contributed by atoms with Gasteiger partial charge in [0.05, 0.1) is 24.4 Å². The summed E-state index contributed by atoms with van der Waals surface area (Å²) in [6, 6.07) is -0.218. The van der Waals surface area contributed by atoms with E-state index in [0.717, 1.165) is 36.2 Å². The van der Waals surface area contributed by atoms with Crippen LogP contribution in [0.25, 0.3) is 5.57 Å². The summed E-state index contributed by atoms with van der Waals surface area (Å²) in [7, 11) is 1.39. The van der Waals surface area contributed by atoms with Crippen molar-refractivity contribution in [3.63, 3.8) is 0 Å². The SMILES string of the molecule is COC(=O)C1=C(c2c(C)noc2C)C[C@@H]2CC[C@H]1N2C(=O)NCC1CC1. The van der Waals surface area contributed by atoms with Crippen LogP contribution >= 0.6 is 0 Å². The van der Waals surface area contributed by atoms with Crippen molar-refractivity contribution in [2.75, 3.05) is 13.7 Å². The molecule has 26 heavy (non-hydrogen) atoms. The molecule has 2 amide bonds. The molecule has 2 fully saturated rings. The molecule has 140 valence electrons. The summed E-state index contributed by atoms with van der Waals surface area (Å²) in [5.74, 6) is 0.949. The maximum absolute atomic E-state index is 12.8. The Morgan fingerprint density at radius 3 is 2.65 bits per heavy atom. The van der Waals surface area contributed by atoms with Gasteiger partial charge in [0.1, 0.15) is 5.76 Å². The monoisotopic (exact) mass is 359 g/mol. The third-order valence-electron chi connectivity index (χ3n) is 5.81. The molecule has 2 bridgehead atoms. The lowest BCUT2D eigenvalue weighted by Crippen LogP contribution is -2.51.